The van der Waals surface area contributed by atoms with E-state index in [-0.39, 0.29) is 17.7 Å². The average Bonchev–Trinajstić information content (AvgIpc) is 3.13. The Hall–Kier alpha value is -2.09. The number of rotatable bonds is 7. The molecule has 28 heavy (non-hydrogen) atoms. The van der Waals surface area contributed by atoms with Crippen molar-refractivity contribution in [1.29, 1.82) is 0 Å². The van der Waals surface area contributed by atoms with Gasteiger partial charge in [-0.2, -0.15) is 0 Å². The van der Waals surface area contributed by atoms with Crippen LogP contribution in [0.15, 0.2) is 23.0 Å². The molecule has 1 aliphatic rings. The van der Waals surface area contributed by atoms with Gasteiger partial charge in [-0.15, -0.1) is 0 Å². The molecule has 0 aliphatic carbocycles. The Bertz CT molecular complexity index is 900. The molecule has 3 rings (SSSR count). The van der Waals surface area contributed by atoms with Gasteiger partial charge in [0.05, 0.1) is 30.0 Å². The predicted octanol–water partition coefficient (Wildman–Crippen LogP) is 2.46. The Kier molecular flexibility index (Phi) is 6.59. The zero-order valence-electron chi connectivity index (χ0n) is 16.7. The number of ether oxygens (including phenoxy) is 2. The van der Waals surface area contributed by atoms with E-state index in [1.807, 2.05) is 13.8 Å². The molecule has 1 unspecified atom stereocenters. The third-order valence-corrected chi connectivity index (χ3v) is 5.30. The molecule has 1 aromatic heterocycles. The average molecular weight is 407 g/mol. The van der Waals surface area contributed by atoms with Crippen LogP contribution in [0.2, 0.25) is 5.02 Å². The number of aromatic nitrogens is 2. The summed E-state index contributed by atoms with van der Waals surface area (Å²) in [5.74, 6) is 1.36. The van der Waals surface area contributed by atoms with Crippen LogP contribution in [0.25, 0.3) is 11.3 Å². The maximum Gasteiger partial charge on any atom is 0.278 e. The molecule has 0 saturated carbocycles. The quantitative estimate of drug-likeness (QED) is 0.735. The first-order valence-electron chi connectivity index (χ1n) is 9.52. The highest BCUT2D eigenvalue weighted by molar-refractivity contribution is 6.33. The van der Waals surface area contributed by atoms with Crippen molar-refractivity contribution in [3.05, 3.63) is 39.3 Å². The van der Waals surface area contributed by atoms with E-state index >= 15 is 0 Å². The highest BCUT2D eigenvalue weighted by Crippen LogP contribution is 2.29. The van der Waals surface area contributed by atoms with E-state index < -0.39 is 0 Å². The van der Waals surface area contributed by atoms with Crippen molar-refractivity contribution in [3.63, 3.8) is 0 Å². The van der Waals surface area contributed by atoms with Gasteiger partial charge in [-0.3, -0.25) is 9.36 Å². The molecule has 2 N–H and O–H groups in total. The molecule has 0 spiro atoms. The molecule has 1 aromatic carbocycles. The summed E-state index contributed by atoms with van der Waals surface area (Å²) < 4.78 is 12.6. The fraction of sp³-hybridized carbons (Fsp3) is 0.500. The summed E-state index contributed by atoms with van der Waals surface area (Å²) in [6.07, 6.45) is 0.733. The highest BCUT2D eigenvalue weighted by atomic mass is 35.5. The molecule has 1 saturated heterocycles. The van der Waals surface area contributed by atoms with Crippen LogP contribution in [0.1, 0.15) is 19.5 Å². The monoisotopic (exact) mass is 406 g/mol. The topological polar surface area (TPSA) is 77.4 Å². The van der Waals surface area contributed by atoms with Gasteiger partial charge in [0.15, 0.2) is 0 Å². The highest BCUT2D eigenvalue weighted by Gasteiger charge is 2.29. The van der Waals surface area contributed by atoms with Crippen molar-refractivity contribution in [2.45, 2.75) is 32.4 Å². The number of nitrogens with zero attached hydrogens (tertiary/aromatic N) is 2. The number of hydrogen-bond acceptors (Lipinski definition) is 6. The minimum absolute atomic E-state index is 0.0560. The second-order valence-electron chi connectivity index (χ2n) is 6.72. The van der Waals surface area contributed by atoms with Crippen molar-refractivity contribution in [1.82, 2.24) is 14.9 Å². The summed E-state index contributed by atoms with van der Waals surface area (Å²) in [6.45, 7) is 6.21. The van der Waals surface area contributed by atoms with Crippen LogP contribution < -0.4 is 20.9 Å². The summed E-state index contributed by atoms with van der Waals surface area (Å²) in [5.41, 5.74) is 1.54. The second kappa shape index (κ2) is 8.94. The molecule has 2 aromatic rings. The molecule has 0 amide bonds. The predicted molar refractivity (Wildman–Crippen MR) is 112 cm³/mol. The molecular weight excluding hydrogens is 380 g/mol. The SMILES string of the molecule is CCO[C@H]1CNCC1Nc1c(CC)nc(-c2ccc(OC)cc2Cl)c(=O)n1C. The van der Waals surface area contributed by atoms with Crippen molar-refractivity contribution >= 4 is 17.4 Å². The van der Waals surface area contributed by atoms with E-state index in [1.54, 1.807) is 36.9 Å². The van der Waals surface area contributed by atoms with E-state index in [0.717, 1.165) is 24.6 Å². The third kappa shape index (κ3) is 4.01. The summed E-state index contributed by atoms with van der Waals surface area (Å²) in [6, 6.07) is 5.31. The Morgan fingerprint density at radius 2 is 2.14 bits per heavy atom. The largest absolute Gasteiger partial charge is 0.497 e. The zero-order valence-corrected chi connectivity index (χ0v) is 17.5. The van der Waals surface area contributed by atoms with Crippen LogP contribution in [0.4, 0.5) is 5.82 Å². The summed E-state index contributed by atoms with van der Waals surface area (Å²) in [4.78, 5) is 17.7. The second-order valence-corrected chi connectivity index (χ2v) is 7.13. The molecule has 0 bridgehead atoms. The number of benzene rings is 1. The smallest absolute Gasteiger partial charge is 0.278 e. The number of nitrogens with one attached hydrogen (secondary N) is 2. The van der Waals surface area contributed by atoms with Crippen molar-refractivity contribution < 1.29 is 9.47 Å². The van der Waals surface area contributed by atoms with E-state index in [0.29, 0.717) is 35.1 Å². The van der Waals surface area contributed by atoms with Gasteiger partial charge in [0.2, 0.25) is 0 Å². The molecule has 152 valence electrons. The first-order valence-corrected chi connectivity index (χ1v) is 9.90. The minimum Gasteiger partial charge on any atom is -0.497 e. The van der Waals surface area contributed by atoms with Crippen molar-refractivity contribution in [2.75, 3.05) is 32.1 Å². The standard InChI is InChI=1S/C20H27ClN4O3/c1-5-15-19(24-16-10-22-11-17(16)28-6-2)25(3)20(26)18(23-15)13-8-7-12(27-4)9-14(13)21/h7-9,16-17,22,24H,5-6,10-11H2,1-4H3/t16?,17-/m0/s1. The summed E-state index contributed by atoms with van der Waals surface area (Å²) in [7, 11) is 3.33. The number of aryl methyl sites for hydroxylation is 1. The van der Waals surface area contributed by atoms with Crippen LogP contribution in [-0.4, -0.2) is 48.5 Å². The van der Waals surface area contributed by atoms with E-state index in [9.17, 15) is 4.79 Å². The first-order chi connectivity index (χ1) is 13.5. The maximum atomic E-state index is 13.1. The van der Waals surface area contributed by atoms with E-state index in [4.69, 9.17) is 21.1 Å². The number of anilines is 1. The van der Waals surface area contributed by atoms with Crippen LogP contribution in [0.3, 0.4) is 0 Å². The molecular formula is C20H27ClN4O3. The zero-order chi connectivity index (χ0) is 20.3. The minimum atomic E-state index is -0.203. The van der Waals surface area contributed by atoms with Crippen LogP contribution in [0, 0.1) is 0 Å². The molecule has 0 radical (unpaired) electrons. The van der Waals surface area contributed by atoms with Crippen molar-refractivity contribution in [3.8, 4) is 17.0 Å². The van der Waals surface area contributed by atoms with Gasteiger partial charge in [0, 0.05) is 32.3 Å². The Labute approximate surface area is 170 Å². The summed E-state index contributed by atoms with van der Waals surface area (Å²) in [5, 5.41) is 7.24. The van der Waals surface area contributed by atoms with Crippen molar-refractivity contribution in [2.24, 2.45) is 7.05 Å². The molecule has 1 aliphatic heterocycles. The molecule has 2 heterocycles. The van der Waals surface area contributed by atoms with Crippen LogP contribution in [-0.2, 0) is 18.2 Å². The molecule has 1 fully saturated rings. The normalized spacial score (nSPS) is 19.0. The van der Waals surface area contributed by atoms with E-state index in [2.05, 4.69) is 15.6 Å². The number of methoxy groups -OCH3 is 1. The van der Waals surface area contributed by atoms with E-state index in [1.165, 1.54) is 0 Å². The maximum absolute atomic E-state index is 13.1. The van der Waals surface area contributed by atoms with Gasteiger partial charge >= 0.3 is 0 Å². The van der Waals surface area contributed by atoms with Gasteiger partial charge < -0.3 is 20.1 Å². The van der Waals surface area contributed by atoms with Gasteiger partial charge in [-0.25, -0.2) is 4.98 Å². The van der Waals surface area contributed by atoms with Gasteiger partial charge in [-0.1, -0.05) is 18.5 Å². The summed E-state index contributed by atoms with van der Waals surface area (Å²) >= 11 is 6.39. The fourth-order valence-corrected chi connectivity index (χ4v) is 3.73. The molecule has 8 heteroatoms. The lowest BCUT2D eigenvalue weighted by Crippen LogP contribution is -2.37. The van der Waals surface area contributed by atoms with Crippen LogP contribution >= 0.6 is 11.6 Å². The number of halogens is 1. The van der Waals surface area contributed by atoms with Crippen LogP contribution in [0.5, 0.6) is 5.75 Å². The Morgan fingerprint density at radius 1 is 1.36 bits per heavy atom. The van der Waals surface area contributed by atoms with Gasteiger partial charge in [-0.05, 0) is 31.5 Å². The lowest BCUT2D eigenvalue weighted by atomic mass is 10.1. The van der Waals surface area contributed by atoms with Gasteiger partial charge in [0.1, 0.15) is 17.3 Å². The molecule has 2 atom stereocenters. The third-order valence-electron chi connectivity index (χ3n) is 4.99. The lowest BCUT2D eigenvalue weighted by molar-refractivity contribution is 0.0708. The Balaban J connectivity index is 2.01. The first kappa shape index (κ1) is 20.6. The fourth-order valence-electron chi connectivity index (χ4n) is 3.47. The Morgan fingerprint density at radius 3 is 2.79 bits per heavy atom. The molecule has 7 nitrogen and oxygen atoms in total. The van der Waals surface area contributed by atoms with Gasteiger partial charge in [0.25, 0.3) is 5.56 Å². The number of hydrogen-bond donors (Lipinski definition) is 2. The lowest BCUT2D eigenvalue weighted by Gasteiger charge is -2.24.